The number of nitrogens with one attached hydrogen (secondary N) is 1. The van der Waals surface area contributed by atoms with Gasteiger partial charge >= 0.3 is 0 Å². The number of hydrogen-bond acceptors (Lipinski definition) is 5. The molecule has 0 aromatic carbocycles. The van der Waals surface area contributed by atoms with Crippen LogP contribution < -0.4 is 5.32 Å². The van der Waals surface area contributed by atoms with Gasteiger partial charge in [-0.2, -0.15) is 23.5 Å². The van der Waals surface area contributed by atoms with E-state index in [1.54, 1.807) is 0 Å². The van der Waals surface area contributed by atoms with Crippen molar-refractivity contribution in [1.82, 2.24) is 15.1 Å². The summed E-state index contributed by atoms with van der Waals surface area (Å²) in [5.74, 6) is 4.46. The monoisotopic (exact) mass is 379 g/mol. The normalized spacial score (nSPS) is 28.3. The number of rotatable bonds is 3. The molecule has 3 fully saturated rings. The average molecular weight is 380 g/mol. The summed E-state index contributed by atoms with van der Waals surface area (Å²) in [6.07, 6.45) is 1.18. The fraction of sp³-hybridized carbons (Fsp3) is 0.867. The van der Waals surface area contributed by atoms with Gasteiger partial charge in [0, 0.05) is 62.2 Å². The number of carbonyl (C=O) groups is 2. The number of nitrogens with zero attached hydrogens (tertiary/aromatic N) is 2. The lowest BCUT2D eigenvalue weighted by Crippen LogP contribution is -2.51. The molecule has 0 spiro atoms. The molecule has 3 saturated heterocycles. The molecule has 3 aliphatic rings. The number of hydrogen-bond donors (Lipinski definition) is 1. The number of carbonyl (C=O) groups excluding carboxylic acids is 2. The van der Waals surface area contributed by atoms with E-state index in [2.05, 4.69) is 5.32 Å². The molecule has 1 unspecified atom stereocenters. The van der Waals surface area contributed by atoms with Crippen LogP contribution in [0.2, 0.25) is 0 Å². The molecule has 8 heteroatoms. The van der Waals surface area contributed by atoms with Gasteiger partial charge in [0.25, 0.3) is 0 Å². The van der Waals surface area contributed by atoms with Gasteiger partial charge in [-0.15, -0.1) is 12.4 Å². The Bertz CT molecular complexity index is 421. The number of thioether (sulfide) groups is 2. The first-order chi connectivity index (χ1) is 10.7. The van der Waals surface area contributed by atoms with Crippen molar-refractivity contribution in [2.45, 2.75) is 12.8 Å². The van der Waals surface area contributed by atoms with Crippen molar-refractivity contribution in [2.75, 3.05) is 62.3 Å². The van der Waals surface area contributed by atoms with E-state index in [-0.39, 0.29) is 24.2 Å². The molecule has 5 nitrogen and oxygen atoms in total. The molecule has 3 heterocycles. The largest absolute Gasteiger partial charge is 0.341 e. The molecule has 3 rings (SSSR count). The molecule has 0 radical (unpaired) electrons. The molecule has 0 aromatic heterocycles. The van der Waals surface area contributed by atoms with Crippen LogP contribution in [0.25, 0.3) is 0 Å². The molecular weight excluding hydrogens is 354 g/mol. The molecular formula is C15H26ClN3O2S2. The minimum Gasteiger partial charge on any atom is -0.341 e. The molecule has 0 saturated carbocycles. The van der Waals surface area contributed by atoms with Crippen LogP contribution in [0.5, 0.6) is 0 Å². The second kappa shape index (κ2) is 8.83. The van der Waals surface area contributed by atoms with Crippen molar-refractivity contribution in [3.05, 3.63) is 0 Å². The quantitative estimate of drug-likeness (QED) is 0.790. The smallest absolute Gasteiger partial charge is 0.230 e. The summed E-state index contributed by atoms with van der Waals surface area (Å²) >= 11 is 3.81. The lowest BCUT2D eigenvalue weighted by Gasteiger charge is -2.37. The maximum absolute atomic E-state index is 13.0. The van der Waals surface area contributed by atoms with Crippen LogP contribution in [0.15, 0.2) is 0 Å². The molecule has 0 aliphatic carbocycles. The Morgan fingerprint density at radius 3 is 2.04 bits per heavy atom. The van der Waals surface area contributed by atoms with Crippen molar-refractivity contribution >= 4 is 47.7 Å². The van der Waals surface area contributed by atoms with Gasteiger partial charge in [-0.25, -0.2) is 0 Å². The SMILES string of the molecule is Cl.O=C(CC1(C(=O)N2CCSCC2)CCNC1)N1CCSCC1. The number of halogens is 1. The highest BCUT2D eigenvalue weighted by molar-refractivity contribution is 7.99. The average Bonchev–Trinajstić information content (AvgIpc) is 3.05. The van der Waals surface area contributed by atoms with Crippen LogP contribution in [0.3, 0.4) is 0 Å². The summed E-state index contributed by atoms with van der Waals surface area (Å²) in [6, 6.07) is 0. The van der Waals surface area contributed by atoms with E-state index in [4.69, 9.17) is 0 Å². The molecule has 1 atom stereocenters. The predicted octanol–water partition coefficient (Wildman–Crippen LogP) is 0.929. The zero-order chi connectivity index (χ0) is 15.4. The van der Waals surface area contributed by atoms with E-state index in [0.717, 1.165) is 62.2 Å². The summed E-state index contributed by atoms with van der Waals surface area (Å²) in [6.45, 7) is 4.84. The van der Waals surface area contributed by atoms with Gasteiger partial charge in [0.05, 0.1) is 5.41 Å². The van der Waals surface area contributed by atoms with Gasteiger partial charge in [0.2, 0.25) is 11.8 Å². The fourth-order valence-electron chi connectivity index (χ4n) is 3.47. The Balaban J connectivity index is 0.00000192. The van der Waals surface area contributed by atoms with Gasteiger partial charge in [-0.05, 0) is 13.0 Å². The second-order valence-corrected chi connectivity index (χ2v) is 8.73. The molecule has 0 bridgehead atoms. The highest BCUT2D eigenvalue weighted by atomic mass is 35.5. The van der Waals surface area contributed by atoms with E-state index in [1.165, 1.54) is 0 Å². The zero-order valence-electron chi connectivity index (χ0n) is 13.4. The Morgan fingerprint density at radius 1 is 0.957 bits per heavy atom. The lowest BCUT2D eigenvalue weighted by molar-refractivity contribution is -0.146. The van der Waals surface area contributed by atoms with E-state index >= 15 is 0 Å². The molecule has 0 aromatic rings. The molecule has 23 heavy (non-hydrogen) atoms. The molecule has 3 aliphatic heterocycles. The molecule has 1 N–H and O–H groups in total. The maximum atomic E-state index is 13.0. The van der Waals surface area contributed by atoms with Crippen molar-refractivity contribution in [3.8, 4) is 0 Å². The highest BCUT2D eigenvalue weighted by Gasteiger charge is 2.46. The van der Waals surface area contributed by atoms with Crippen molar-refractivity contribution in [3.63, 3.8) is 0 Å². The summed E-state index contributed by atoms with van der Waals surface area (Å²) in [5.41, 5.74) is -0.496. The van der Waals surface area contributed by atoms with Crippen LogP contribution in [0, 0.1) is 5.41 Å². The van der Waals surface area contributed by atoms with Crippen LogP contribution in [0.4, 0.5) is 0 Å². The minimum absolute atomic E-state index is 0. The van der Waals surface area contributed by atoms with Gasteiger partial charge in [0.15, 0.2) is 0 Å². The summed E-state index contributed by atoms with van der Waals surface area (Å²) in [4.78, 5) is 29.6. The van der Waals surface area contributed by atoms with Crippen LogP contribution >= 0.6 is 35.9 Å². The fourth-order valence-corrected chi connectivity index (χ4v) is 5.27. The van der Waals surface area contributed by atoms with E-state index in [0.29, 0.717) is 13.0 Å². The van der Waals surface area contributed by atoms with Gasteiger partial charge in [-0.3, -0.25) is 9.59 Å². The van der Waals surface area contributed by atoms with Crippen LogP contribution in [0.1, 0.15) is 12.8 Å². The summed E-state index contributed by atoms with van der Waals surface area (Å²) in [7, 11) is 0. The van der Waals surface area contributed by atoms with Gasteiger partial charge < -0.3 is 15.1 Å². The Hall–Kier alpha value is -0.110. The maximum Gasteiger partial charge on any atom is 0.230 e. The van der Waals surface area contributed by atoms with Crippen LogP contribution in [-0.4, -0.2) is 83.9 Å². The highest BCUT2D eigenvalue weighted by Crippen LogP contribution is 2.34. The summed E-state index contributed by atoms with van der Waals surface area (Å²) < 4.78 is 0. The number of amides is 2. The van der Waals surface area contributed by atoms with Crippen molar-refractivity contribution in [2.24, 2.45) is 5.41 Å². The van der Waals surface area contributed by atoms with Gasteiger partial charge in [0.1, 0.15) is 0 Å². The predicted molar refractivity (Wildman–Crippen MR) is 99.6 cm³/mol. The second-order valence-electron chi connectivity index (χ2n) is 6.28. The topological polar surface area (TPSA) is 52.7 Å². The Labute approximate surface area is 153 Å². The van der Waals surface area contributed by atoms with E-state index in [9.17, 15) is 9.59 Å². The van der Waals surface area contributed by atoms with E-state index < -0.39 is 5.41 Å². The Morgan fingerprint density at radius 2 is 1.52 bits per heavy atom. The first-order valence-corrected chi connectivity index (χ1v) is 10.5. The minimum atomic E-state index is -0.496. The third-order valence-electron chi connectivity index (χ3n) is 4.85. The first kappa shape index (κ1) is 19.2. The van der Waals surface area contributed by atoms with Crippen molar-refractivity contribution < 1.29 is 9.59 Å². The van der Waals surface area contributed by atoms with E-state index in [1.807, 2.05) is 33.3 Å². The zero-order valence-corrected chi connectivity index (χ0v) is 15.9. The first-order valence-electron chi connectivity index (χ1n) is 8.15. The standard InChI is InChI=1S/C15H25N3O2S2.ClH/c19-13(17-3-7-21-8-4-17)11-15(1-2-16-12-15)14(20)18-5-9-22-10-6-18;/h16H,1-12H2;1H. The lowest BCUT2D eigenvalue weighted by atomic mass is 9.81. The summed E-state index contributed by atoms with van der Waals surface area (Å²) in [5, 5.41) is 3.31. The van der Waals surface area contributed by atoms with Gasteiger partial charge in [-0.1, -0.05) is 0 Å². The third kappa shape index (κ3) is 4.50. The van der Waals surface area contributed by atoms with Crippen LogP contribution in [-0.2, 0) is 9.59 Å². The van der Waals surface area contributed by atoms with Crippen molar-refractivity contribution in [1.29, 1.82) is 0 Å². The molecule has 132 valence electrons. The molecule has 2 amide bonds. The third-order valence-corrected chi connectivity index (χ3v) is 6.73. The Kier molecular flexibility index (Phi) is 7.38.